The molecule has 1 aromatic rings. The van der Waals surface area contributed by atoms with E-state index in [1.165, 1.54) is 0 Å². The number of aliphatic hydroxyl groups is 1. The molecular formula is C12H22N6O3. The minimum atomic E-state index is -1.04. The van der Waals surface area contributed by atoms with E-state index < -0.39 is 10.5 Å². The highest BCUT2D eigenvalue weighted by molar-refractivity contribution is 5.57. The monoisotopic (exact) mass is 298 g/mol. The Morgan fingerprint density at radius 1 is 1.48 bits per heavy atom. The molecule has 0 radical (unpaired) electrons. The highest BCUT2D eigenvalue weighted by Gasteiger charge is 2.24. The lowest BCUT2D eigenvalue weighted by atomic mass is 10.1. The van der Waals surface area contributed by atoms with Crippen LogP contribution in [0.4, 0.5) is 17.5 Å². The molecule has 1 aromatic heterocycles. The van der Waals surface area contributed by atoms with Gasteiger partial charge in [0.1, 0.15) is 6.20 Å². The first-order valence-electron chi connectivity index (χ1n) is 6.61. The number of aromatic nitrogens is 2. The summed E-state index contributed by atoms with van der Waals surface area (Å²) in [6.07, 6.45) is 1.15. The Morgan fingerprint density at radius 3 is 2.67 bits per heavy atom. The number of hydrogen-bond donors (Lipinski definition) is 3. The molecule has 3 N–H and O–H groups in total. The summed E-state index contributed by atoms with van der Waals surface area (Å²) < 4.78 is 0. The zero-order valence-corrected chi connectivity index (χ0v) is 12.8. The maximum Gasteiger partial charge on any atom is 0.329 e. The summed E-state index contributed by atoms with van der Waals surface area (Å²) in [6.45, 7) is 4.68. The van der Waals surface area contributed by atoms with Crippen molar-refractivity contribution in [2.45, 2.75) is 19.4 Å². The van der Waals surface area contributed by atoms with Gasteiger partial charge in [0, 0.05) is 19.6 Å². The summed E-state index contributed by atoms with van der Waals surface area (Å²) in [5.41, 5.74) is -1.27. The first-order chi connectivity index (χ1) is 9.75. The standard InChI is InChI=1S/C12H22N6O3/c1-5-13-11-14-6-9(18(20)21)10(16-11)15-7-12(2,19)8-17(3)4/h6,19H,5,7-8H2,1-4H3,(H2,13,14,15,16). The lowest BCUT2D eigenvalue weighted by Crippen LogP contribution is -2.43. The van der Waals surface area contributed by atoms with E-state index >= 15 is 0 Å². The third kappa shape index (κ3) is 5.48. The predicted octanol–water partition coefficient (Wildman–Crippen LogP) is 0.541. The zero-order chi connectivity index (χ0) is 16.0. The number of anilines is 2. The highest BCUT2D eigenvalue weighted by Crippen LogP contribution is 2.22. The van der Waals surface area contributed by atoms with Crippen LogP contribution >= 0.6 is 0 Å². The van der Waals surface area contributed by atoms with Crippen LogP contribution in [0.5, 0.6) is 0 Å². The number of hydrogen-bond acceptors (Lipinski definition) is 8. The summed E-state index contributed by atoms with van der Waals surface area (Å²) >= 11 is 0. The SMILES string of the molecule is CCNc1ncc([N+](=O)[O-])c(NCC(C)(O)CN(C)C)n1. The van der Waals surface area contributed by atoms with Gasteiger partial charge in [-0.15, -0.1) is 0 Å². The number of nitrogens with zero attached hydrogens (tertiary/aromatic N) is 4. The van der Waals surface area contributed by atoms with Crippen LogP contribution in [0.15, 0.2) is 6.20 Å². The second-order valence-electron chi connectivity index (χ2n) is 5.30. The summed E-state index contributed by atoms with van der Waals surface area (Å²) in [4.78, 5) is 20.2. The average molecular weight is 298 g/mol. The van der Waals surface area contributed by atoms with Gasteiger partial charge in [-0.25, -0.2) is 4.98 Å². The normalized spacial score (nSPS) is 13.8. The van der Waals surface area contributed by atoms with Gasteiger partial charge in [-0.2, -0.15) is 4.98 Å². The Bertz CT molecular complexity index is 492. The molecule has 1 unspecified atom stereocenters. The van der Waals surface area contributed by atoms with Crippen molar-refractivity contribution in [3.63, 3.8) is 0 Å². The number of nitro groups is 1. The molecule has 0 bridgehead atoms. The van der Waals surface area contributed by atoms with Crippen LogP contribution < -0.4 is 10.6 Å². The minimum Gasteiger partial charge on any atom is -0.387 e. The largest absolute Gasteiger partial charge is 0.387 e. The molecule has 0 aliphatic heterocycles. The Morgan fingerprint density at radius 2 is 2.14 bits per heavy atom. The fourth-order valence-corrected chi connectivity index (χ4v) is 1.89. The lowest BCUT2D eigenvalue weighted by molar-refractivity contribution is -0.384. The summed E-state index contributed by atoms with van der Waals surface area (Å²) in [6, 6.07) is 0. The van der Waals surface area contributed by atoms with Crippen LogP contribution in [0, 0.1) is 10.1 Å². The molecule has 0 amide bonds. The topological polar surface area (TPSA) is 116 Å². The molecule has 0 aliphatic carbocycles. The van der Waals surface area contributed by atoms with Crippen LogP contribution in [0.2, 0.25) is 0 Å². The summed E-state index contributed by atoms with van der Waals surface area (Å²) in [7, 11) is 3.68. The Kier molecular flexibility index (Phi) is 5.79. The van der Waals surface area contributed by atoms with Gasteiger partial charge >= 0.3 is 5.69 Å². The number of nitrogens with one attached hydrogen (secondary N) is 2. The quantitative estimate of drug-likeness (QED) is 0.470. The van der Waals surface area contributed by atoms with E-state index in [4.69, 9.17) is 0 Å². The molecule has 1 atom stereocenters. The molecule has 9 nitrogen and oxygen atoms in total. The van der Waals surface area contributed by atoms with Crippen LogP contribution in [0.1, 0.15) is 13.8 Å². The van der Waals surface area contributed by atoms with E-state index in [0.29, 0.717) is 19.0 Å². The molecule has 0 fully saturated rings. The highest BCUT2D eigenvalue weighted by atomic mass is 16.6. The van der Waals surface area contributed by atoms with E-state index in [-0.39, 0.29) is 18.1 Å². The molecule has 0 saturated heterocycles. The number of likely N-dealkylation sites (N-methyl/N-ethyl adjacent to an activating group) is 1. The number of rotatable bonds is 8. The van der Waals surface area contributed by atoms with E-state index in [1.807, 2.05) is 25.9 Å². The second-order valence-corrected chi connectivity index (χ2v) is 5.30. The first kappa shape index (κ1) is 17.1. The van der Waals surface area contributed by atoms with Crippen molar-refractivity contribution in [2.75, 3.05) is 44.4 Å². The molecule has 0 saturated carbocycles. The van der Waals surface area contributed by atoms with Crippen molar-refractivity contribution in [3.8, 4) is 0 Å². The van der Waals surface area contributed by atoms with Gasteiger partial charge < -0.3 is 20.6 Å². The van der Waals surface area contributed by atoms with Gasteiger partial charge in [0.2, 0.25) is 11.8 Å². The van der Waals surface area contributed by atoms with Crippen molar-refractivity contribution in [1.82, 2.24) is 14.9 Å². The Labute approximate surface area is 123 Å². The molecule has 1 heterocycles. The van der Waals surface area contributed by atoms with Gasteiger partial charge in [-0.1, -0.05) is 0 Å². The van der Waals surface area contributed by atoms with Gasteiger partial charge in [0.15, 0.2) is 0 Å². The van der Waals surface area contributed by atoms with Crippen molar-refractivity contribution >= 4 is 17.5 Å². The van der Waals surface area contributed by atoms with Crippen molar-refractivity contribution in [1.29, 1.82) is 0 Å². The first-order valence-corrected chi connectivity index (χ1v) is 6.61. The molecule has 0 spiro atoms. The van der Waals surface area contributed by atoms with Crippen molar-refractivity contribution in [2.24, 2.45) is 0 Å². The van der Waals surface area contributed by atoms with Crippen molar-refractivity contribution < 1.29 is 10.0 Å². The molecule has 0 aromatic carbocycles. The molecule has 21 heavy (non-hydrogen) atoms. The third-order valence-electron chi connectivity index (χ3n) is 2.59. The van der Waals surface area contributed by atoms with Crippen LogP contribution in [0.25, 0.3) is 0 Å². The van der Waals surface area contributed by atoms with Crippen LogP contribution in [-0.4, -0.2) is 64.2 Å². The summed E-state index contributed by atoms with van der Waals surface area (Å²) in [5.74, 6) is 0.392. The lowest BCUT2D eigenvalue weighted by Gasteiger charge is -2.27. The maximum atomic E-state index is 11.0. The van der Waals surface area contributed by atoms with Gasteiger partial charge in [-0.05, 0) is 27.9 Å². The fraction of sp³-hybridized carbons (Fsp3) is 0.667. The average Bonchev–Trinajstić information content (AvgIpc) is 2.35. The smallest absolute Gasteiger partial charge is 0.329 e. The Hall–Kier alpha value is -2.00. The second kappa shape index (κ2) is 7.14. The zero-order valence-electron chi connectivity index (χ0n) is 12.8. The van der Waals surface area contributed by atoms with Crippen molar-refractivity contribution in [3.05, 3.63) is 16.3 Å². The fourth-order valence-electron chi connectivity index (χ4n) is 1.89. The van der Waals surface area contributed by atoms with E-state index in [0.717, 1.165) is 6.20 Å². The van der Waals surface area contributed by atoms with E-state index in [2.05, 4.69) is 20.6 Å². The molecule has 118 valence electrons. The Balaban J connectivity index is 2.89. The van der Waals surface area contributed by atoms with Gasteiger partial charge in [-0.3, -0.25) is 10.1 Å². The molecule has 1 rings (SSSR count). The summed E-state index contributed by atoms with van der Waals surface area (Å²) in [5, 5.41) is 26.9. The van der Waals surface area contributed by atoms with Crippen LogP contribution in [-0.2, 0) is 0 Å². The van der Waals surface area contributed by atoms with Gasteiger partial charge in [0.25, 0.3) is 0 Å². The third-order valence-corrected chi connectivity index (χ3v) is 2.59. The van der Waals surface area contributed by atoms with E-state index in [1.54, 1.807) is 6.92 Å². The van der Waals surface area contributed by atoms with Crippen LogP contribution in [0.3, 0.4) is 0 Å². The van der Waals surface area contributed by atoms with E-state index in [9.17, 15) is 15.2 Å². The minimum absolute atomic E-state index is 0.0879. The predicted molar refractivity (Wildman–Crippen MR) is 80.5 cm³/mol. The molecule has 9 heteroatoms. The molecule has 0 aliphatic rings. The van der Waals surface area contributed by atoms with Gasteiger partial charge in [0.05, 0.1) is 10.5 Å². The maximum absolute atomic E-state index is 11.0. The molecular weight excluding hydrogens is 276 g/mol.